The van der Waals surface area contributed by atoms with Crippen LogP contribution >= 0.6 is 0 Å². The van der Waals surface area contributed by atoms with Crippen molar-refractivity contribution in [3.8, 4) is 0 Å². The highest BCUT2D eigenvalue weighted by atomic mass is 16.5. The first-order chi connectivity index (χ1) is 9.11. The van der Waals surface area contributed by atoms with Crippen molar-refractivity contribution in [3.63, 3.8) is 0 Å². The number of hydrogen-bond donors (Lipinski definition) is 1. The SMILES string of the molecule is CC1(C)CCN(CC2CCC(CNC3CC3)O2)CC1. The summed E-state index contributed by atoms with van der Waals surface area (Å²) < 4.78 is 6.19. The number of nitrogens with one attached hydrogen (secondary N) is 1. The van der Waals surface area contributed by atoms with Crippen molar-refractivity contribution in [2.24, 2.45) is 5.41 Å². The average molecular weight is 266 g/mol. The van der Waals surface area contributed by atoms with Crippen molar-refractivity contribution in [2.45, 2.75) is 70.6 Å². The lowest BCUT2D eigenvalue weighted by Crippen LogP contribution is -2.41. The summed E-state index contributed by atoms with van der Waals surface area (Å²) in [4.78, 5) is 2.62. The summed E-state index contributed by atoms with van der Waals surface area (Å²) in [6.45, 7) is 9.56. The van der Waals surface area contributed by atoms with Gasteiger partial charge in [-0.2, -0.15) is 0 Å². The van der Waals surface area contributed by atoms with Gasteiger partial charge in [0.1, 0.15) is 0 Å². The third-order valence-electron chi connectivity index (χ3n) is 5.08. The summed E-state index contributed by atoms with van der Waals surface area (Å²) in [5, 5.41) is 3.59. The van der Waals surface area contributed by atoms with Gasteiger partial charge in [-0.05, 0) is 57.0 Å². The molecule has 1 aliphatic carbocycles. The molecule has 110 valence electrons. The molecule has 0 spiro atoms. The third kappa shape index (κ3) is 4.17. The van der Waals surface area contributed by atoms with Crippen LogP contribution in [0.5, 0.6) is 0 Å². The zero-order chi connectivity index (χ0) is 13.3. The zero-order valence-corrected chi connectivity index (χ0v) is 12.7. The lowest BCUT2D eigenvalue weighted by atomic mass is 9.82. The number of rotatable bonds is 5. The second-order valence-corrected chi connectivity index (χ2v) is 7.60. The zero-order valence-electron chi connectivity index (χ0n) is 12.7. The van der Waals surface area contributed by atoms with E-state index in [0.29, 0.717) is 17.6 Å². The second-order valence-electron chi connectivity index (χ2n) is 7.60. The molecule has 0 aromatic heterocycles. The summed E-state index contributed by atoms with van der Waals surface area (Å²) >= 11 is 0. The molecule has 2 aliphatic heterocycles. The molecule has 0 amide bonds. The Kier molecular flexibility index (Phi) is 4.16. The van der Waals surface area contributed by atoms with Crippen LogP contribution in [0.2, 0.25) is 0 Å². The van der Waals surface area contributed by atoms with Gasteiger partial charge in [0, 0.05) is 19.1 Å². The van der Waals surface area contributed by atoms with E-state index in [1.807, 2.05) is 0 Å². The highest BCUT2D eigenvalue weighted by Crippen LogP contribution is 2.30. The van der Waals surface area contributed by atoms with Crippen molar-refractivity contribution in [1.82, 2.24) is 10.2 Å². The highest BCUT2D eigenvalue weighted by Gasteiger charge is 2.31. The van der Waals surface area contributed by atoms with Crippen LogP contribution in [0, 0.1) is 5.41 Å². The molecule has 3 aliphatic rings. The predicted molar refractivity (Wildman–Crippen MR) is 78.4 cm³/mol. The van der Waals surface area contributed by atoms with Gasteiger partial charge in [0.15, 0.2) is 0 Å². The molecule has 3 fully saturated rings. The first kappa shape index (κ1) is 13.8. The summed E-state index contributed by atoms with van der Waals surface area (Å²) in [6, 6.07) is 0.812. The van der Waals surface area contributed by atoms with Gasteiger partial charge in [0.05, 0.1) is 12.2 Å². The molecule has 19 heavy (non-hydrogen) atoms. The molecule has 2 heterocycles. The summed E-state index contributed by atoms with van der Waals surface area (Å²) in [5.41, 5.74) is 0.559. The van der Waals surface area contributed by atoms with Crippen molar-refractivity contribution in [3.05, 3.63) is 0 Å². The Bertz CT molecular complexity index is 291. The van der Waals surface area contributed by atoms with E-state index in [1.54, 1.807) is 0 Å². The fourth-order valence-corrected chi connectivity index (χ4v) is 3.28. The predicted octanol–water partition coefficient (Wildman–Crippen LogP) is 2.41. The maximum absolute atomic E-state index is 6.19. The Morgan fingerprint density at radius 2 is 1.74 bits per heavy atom. The number of likely N-dealkylation sites (tertiary alicyclic amines) is 1. The largest absolute Gasteiger partial charge is 0.372 e. The van der Waals surface area contributed by atoms with Crippen molar-refractivity contribution in [2.75, 3.05) is 26.2 Å². The Morgan fingerprint density at radius 1 is 1.05 bits per heavy atom. The molecule has 0 aromatic carbocycles. The minimum Gasteiger partial charge on any atom is -0.372 e. The van der Waals surface area contributed by atoms with Crippen LogP contribution in [0.4, 0.5) is 0 Å². The third-order valence-corrected chi connectivity index (χ3v) is 5.08. The van der Waals surface area contributed by atoms with E-state index < -0.39 is 0 Å². The van der Waals surface area contributed by atoms with Crippen LogP contribution in [0.3, 0.4) is 0 Å². The maximum atomic E-state index is 6.19. The maximum Gasteiger partial charge on any atom is 0.0707 e. The molecule has 0 bridgehead atoms. The quantitative estimate of drug-likeness (QED) is 0.827. The van der Waals surface area contributed by atoms with E-state index in [1.165, 1.54) is 51.6 Å². The van der Waals surface area contributed by atoms with Crippen molar-refractivity contribution in [1.29, 1.82) is 0 Å². The van der Waals surface area contributed by atoms with E-state index in [0.717, 1.165) is 19.1 Å². The minimum absolute atomic E-state index is 0.479. The molecule has 0 radical (unpaired) electrons. The van der Waals surface area contributed by atoms with Crippen molar-refractivity contribution >= 4 is 0 Å². The Balaban J connectivity index is 1.34. The average Bonchev–Trinajstić information content (AvgIpc) is 3.10. The van der Waals surface area contributed by atoms with Gasteiger partial charge in [-0.1, -0.05) is 13.8 Å². The fraction of sp³-hybridized carbons (Fsp3) is 1.00. The Hall–Kier alpha value is -0.120. The van der Waals surface area contributed by atoms with E-state index in [9.17, 15) is 0 Å². The number of nitrogens with zero attached hydrogens (tertiary/aromatic N) is 1. The Morgan fingerprint density at radius 3 is 2.42 bits per heavy atom. The van der Waals surface area contributed by atoms with Crippen LogP contribution in [0.15, 0.2) is 0 Å². The van der Waals surface area contributed by atoms with Gasteiger partial charge >= 0.3 is 0 Å². The normalized spacial score (nSPS) is 35.7. The van der Waals surface area contributed by atoms with Crippen LogP contribution in [0.1, 0.15) is 52.4 Å². The van der Waals surface area contributed by atoms with Crippen LogP contribution in [-0.2, 0) is 4.74 Å². The molecule has 0 aromatic rings. The van der Waals surface area contributed by atoms with Crippen LogP contribution < -0.4 is 5.32 Å². The van der Waals surface area contributed by atoms with Crippen LogP contribution in [-0.4, -0.2) is 49.3 Å². The van der Waals surface area contributed by atoms with Gasteiger partial charge < -0.3 is 15.0 Å². The topological polar surface area (TPSA) is 24.5 Å². The minimum atomic E-state index is 0.479. The summed E-state index contributed by atoms with van der Waals surface area (Å²) in [5.74, 6) is 0. The lowest BCUT2D eigenvalue weighted by molar-refractivity contribution is 0.0113. The first-order valence-corrected chi connectivity index (χ1v) is 8.22. The number of ether oxygens (including phenoxy) is 1. The van der Waals surface area contributed by atoms with Gasteiger partial charge in [0.25, 0.3) is 0 Å². The molecular formula is C16H30N2O. The van der Waals surface area contributed by atoms with Gasteiger partial charge in [-0.3, -0.25) is 0 Å². The lowest BCUT2D eigenvalue weighted by Gasteiger charge is -2.37. The smallest absolute Gasteiger partial charge is 0.0707 e. The second kappa shape index (κ2) is 5.71. The van der Waals surface area contributed by atoms with Gasteiger partial charge in [-0.25, -0.2) is 0 Å². The fourth-order valence-electron chi connectivity index (χ4n) is 3.28. The molecule has 3 rings (SSSR count). The van der Waals surface area contributed by atoms with E-state index in [-0.39, 0.29) is 0 Å². The molecule has 1 N–H and O–H groups in total. The van der Waals surface area contributed by atoms with Gasteiger partial charge in [0.2, 0.25) is 0 Å². The van der Waals surface area contributed by atoms with Crippen LogP contribution in [0.25, 0.3) is 0 Å². The molecule has 2 saturated heterocycles. The van der Waals surface area contributed by atoms with Crippen molar-refractivity contribution < 1.29 is 4.74 Å². The van der Waals surface area contributed by atoms with E-state index in [4.69, 9.17) is 4.74 Å². The summed E-state index contributed by atoms with van der Waals surface area (Å²) in [7, 11) is 0. The molecule has 2 unspecified atom stereocenters. The molecule has 3 nitrogen and oxygen atoms in total. The number of piperidine rings is 1. The highest BCUT2D eigenvalue weighted by molar-refractivity contribution is 4.86. The number of hydrogen-bond acceptors (Lipinski definition) is 3. The molecule has 1 saturated carbocycles. The van der Waals surface area contributed by atoms with E-state index >= 15 is 0 Å². The molecular weight excluding hydrogens is 236 g/mol. The first-order valence-electron chi connectivity index (χ1n) is 8.22. The van der Waals surface area contributed by atoms with Gasteiger partial charge in [-0.15, -0.1) is 0 Å². The van der Waals surface area contributed by atoms with E-state index in [2.05, 4.69) is 24.1 Å². The monoisotopic (exact) mass is 266 g/mol. The standard InChI is InChI=1S/C16H30N2O/c1-16(2)7-9-18(10-8-16)12-15-6-5-14(19-15)11-17-13-3-4-13/h13-15,17H,3-12H2,1-2H3. The summed E-state index contributed by atoms with van der Waals surface area (Å²) in [6.07, 6.45) is 8.91. The molecule has 2 atom stereocenters. The Labute approximate surface area is 118 Å². The molecule has 3 heteroatoms.